The van der Waals surface area contributed by atoms with Crippen molar-refractivity contribution in [3.63, 3.8) is 0 Å². The normalized spacial score (nSPS) is 14.0. The Kier molecular flexibility index (Phi) is 3.51. The summed E-state index contributed by atoms with van der Waals surface area (Å²) in [6.07, 6.45) is 3.31. The average Bonchev–Trinajstić information content (AvgIpc) is 1.87. The summed E-state index contributed by atoms with van der Waals surface area (Å²) in [5.41, 5.74) is 5.28. The van der Waals surface area contributed by atoms with E-state index in [2.05, 4.69) is 0 Å². The van der Waals surface area contributed by atoms with Gasteiger partial charge in [-0.1, -0.05) is 6.08 Å². The van der Waals surface area contributed by atoms with Gasteiger partial charge in [0, 0.05) is 6.08 Å². The van der Waals surface area contributed by atoms with Gasteiger partial charge in [-0.2, -0.15) is 0 Å². The molecule has 0 aliphatic rings. The lowest BCUT2D eigenvalue weighted by Crippen LogP contribution is -2.21. The Labute approximate surface area is 55.1 Å². The first-order valence-electron chi connectivity index (χ1n) is 2.92. The number of hydrogen-bond donors (Lipinski definition) is 1. The van der Waals surface area contributed by atoms with Crippen LogP contribution < -0.4 is 5.73 Å². The number of amidine groups is 1. The molecule has 0 atom stereocenters. The molecule has 0 amide bonds. The highest BCUT2D eigenvalue weighted by molar-refractivity contribution is 5.86. The topological polar surface area (TPSA) is 52.1 Å². The van der Waals surface area contributed by atoms with Crippen LogP contribution in [0.2, 0.25) is 0 Å². The largest absolute Gasteiger partial charge is 0.715 e. The Bertz CT molecular complexity index is 138. The Morgan fingerprint density at radius 3 is 2.67 bits per heavy atom. The molecule has 52 valence electrons. The lowest BCUT2D eigenvalue weighted by molar-refractivity contribution is -0.453. The molecule has 0 aliphatic carbocycles. The summed E-state index contributed by atoms with van der Waals surface area (Å²) in [6.45, 7) is 3.97. The maximum atomic E-state index is 10.6. The van der Waals surface area contributed by atoms with Crippen LogP contribution in [-0.4, -0.2) is 17.1 Å². The standard InChI is InChI=1S/C6H12N2O/c1-3-5-6(7)8(9)4-2/h3,5H,4,7H2,1-2H3/b5-3+,8-6-. The van der Waals surface area contributed by atoms with Crippen molar-refractivity contribution in [2.45, 2.75) is 13.8 Å². The van der Waals surface area contributed by atoms with Crippen LogP contribution in [0.1, 0.15) is 13.8 Å². The molecule has 0 spiro atoms. The van der Waals surface area contributed by atoms with E-state index in [-0.39, 0.29) is 5.84 Å². The fourth-order valence-corrected chi connectivity index (χ4v) is 0.436. The van der Waals surface area contributed by atoms with Crippen molar-refractivity contribution in [3.05, 3.63) is 17.4 Å². The van der Waals surface area contributed by atoms with E-state index in [9.17, 15) is 5.21 Å². The van der Waals surface area contributed by atoms with E-state index in [0.29, 0.717) is 6.54 Å². The Balaban J connectivity index is 4.10. The van der Waals surface area contributed by atoms with E-state index in [0.717, 1.165) is 4.74 Å². The summed E-state index contributed by atoms with van der Waals surface area (Å²) < 4.78 is 0.736. The van der Waals surface area contributed by atoms with Crippen LogP contribution in [-0.2, 0) is 0 Å². The molecule has 0 heterocycles. The van der Waals surface area contributed by atoms with Crippen molar-refractivity contribution in [2.75, 3.05) is 6.54 Å². The smallest absolute Gasteiger partial charge is 0.270 e. The zero-order valence-electron chi connectivity index (χ0n) is 5.79. The lowest BCUT2D eigenvalue weighted by atomic mass is 10.5. The van der Waals surface area contributed by atoms with Crippen LogP contribution in [0, 0.1) is 5.21 Å². The van der Waals surface area contributed by atoms with Gasteiger partial charge in [-0.05, 0) is 13.8 Å². The molecule has 0 bridgehead atoms. The van der Waals surface area contributed by atoms with Crippen molar-refractivity contribution >= 4 is 5.84 Å². The third kappa shape index (κ3) is 2.74. The predicted octanol–water partition coefficient (Wildman–Crippen LogP) is 0.450. The van der Waals surface area contributed by atoms with Crippen molar-refractivity contribution in [1.29, 1.82) is 0 Å². The van der Waals surface area contributed by atoms with Gasteiger partial charge in [0.2, 0.25) is 0 Å². The second kappa shape index (κ2) is 3.95. The number of nitrogens with zero attached hydrogens (tertiary/aromatic N) is 1. The maximum Gasteiger partial charge on any atom is 0.270 e. The molecule has 0 aliphatic heterocycles. The van der Waals surface area contributed by atoms with Crippen molar-refractivity contribution in [2.24, 2.45) is 5.73 Å². The van der Waals surface area contributed by atoms with Gasteiger partial charge in [-0.3, -0.25) is 10.5 Å². The quantitative estimate of drug-likeness (QED) is 0.193. The van der Waals surface area contributed by atoms with Gasteiger partial charge in [0.25, 0.3) is 5.84 Å². The molecule has 2 N–H and O–H groups in total. The molecule has 0 fully saturated rings. The summed E-state index contributed by atoms with van der Waals surface area (Å²) in [6, 6.07) is 0. The van der Waals surface area contributed by atoms with E-state index in [1.807, 2.05) is 6.92 Å². The highest BCUT2D eigenvalue weighted by atomic mass is 16.5. The van der Waals surface area contributed by atoms with Gasteiger partial charge >= 0.3 is 0 Å². The molecular weight excluding hydrogens is 116 g/mol. The van der Waals surface area contributed by atoms with Crippen LogP contribution in [0.3, 0.4) is 0 Å². The van der Waals surface area contributed by atoms with Gasteiger partial charge in [-0.25, -0.2) is 0 Å². The number of rotatable bonds is 2. The summed E-state index contributed by atoms with van der Waals surface area (Å²) in [7, 11) is 0. The molecule has 0 unspecified atom stereocenters. The van der Waals surface area contributed by atoms with Crippen molar-refractivity contribution < 1.29 is 4.74 Å². The molecular formula is C6H12N2O. The minimum Gasteiger partial charge on any atom is -0.715 e. The van der Waals surface area contributed by atoms with E-state index in [1.54, 1.807) is 19.1 Å². The summed E-state index contributed by atoms with van der Waals surface area (Å²) in [4.78, 5) is 0. The molecule has 3 heteroatoms. The van der Waals surface area contributed by atoms with Crippen LogP contribution in [0.15, 0.2) is 12.2 Å². The number of allylic oxidation sites excluding steroid dienone is 1. The SMILES string of the molecule is C/C=C/C(N)=[N+](/[O-])CC. The number of hydrogen-bond acceptors (Lipinski definition) is 1. The van der Waals surface area contributed by atoms with Crippen LogP contribution in [0.25, 0.3) is 0 Å². The summed E-state index contributed by atoms with van der Waals surface area (Å²) in [5, 5.41) is 10.6. The third-order valence-corrected chi connectivity index (χ3v) is 0.913. The van der Waals surface area contributed by atoms with Crippen LogP contribution in [0.4, 0.5) is 0 Å². The highest BCUT2D eigenvalue weighted by Crippen LogP contribution is 1.74. The lowest BCUT2D eigenvalue weighted by Gasteiger charge is -2.05. The Hall–Kier alpha value is -0.990. The summed E-state index contributed by atoms with van der Waals surface area (Å²) in [5.74, 6) is 0.264. The number of hydroxylamine groups is 1. The average molecular weight is 128 g/mol. The fourth-order valence-electron chi connectivity index (χ4n) is 0.436. The Morgan fingerprint density at radius 2 is 2.33 bits per heavy atom. The first kappa shape index (κ1) is 8.01. The summed E-state index contributed by atoms with van der Waals surface area (Å²) >= 11 is 0. The molecule has 0 aromatic carbocycles. The monoisotopic (exact) mass is 128 g/mol. The van der Waals surface area contributed by atoms with Gasteiger partial charge in [-0.15, -0.1) is 0 Å². The van der Waals surface area contributed by atoms with Gasteiger partial charge in [0.1, 0.15) is 0 Å². The van der Waals surface area contributed by atoms with Crippen LogP contribution in [0.5, 0.6) is 0 Å². The van der Waals surface area contributed by atoms with E-state index >= 15 is 0 Å². The van der Waals surface area contributed by atoms with Crippen LogP contribution >= 0.6 is 0 Å². The van der Waals surface area contributed by atoms with Crippen molar-refractivity contribution in [3.8, 4) is 0 Å². The molecule has 0 saturated carbocycles. The number of nitrogens with two attached hydrogens (primary N) is 1. The van der Waals surface area contributed by atoms with Gasteiger partial charge in [0.15, 0.2) is 0 Å². The second-order valence-electron chi connectivity index (χ2n) is 1.62. The fraction of sp³-hybridized carbons (Fsp3) is 0.500. The minimum absolute atomic E-state index is 0.264. The predicted molar refractivity (Wildman–Crippen MR) is 38.2 cm³/mol. The third-order valence-electron chi connectivity index (χ3n) is 0.913. The maximum absolute atomic E-state index is 10.6. The molecule has 0 aromatic rings. The molecule has 0 aromatic heterocycles. The zero-order valence-corrected chi connectivity index (χ0v) is 5.79. The van der Waals surface area contributed by atoms with E-state index in [4.69, 9.17) is 5.73 Å². The molecule has 0 saturated heterocycles. The van der Waals surface area contributed by atoms with E-state index < -0.39 is 0 Å². The highest BCUT2D eigenvalue weighted by Gasteiger charge is 1.89. The molecule has 0 radical (unpaired) electrons. The van der Waals surface area contributed by atoms with Gasteiger partial charge in [0.05, 0.1) is 6.54 Å². The first-order chi connectivity index (χ1) is 4.22. The first-order valence-corrected chi connectivity index (χ1v) is 2.92. The van der Waals surface area contributed by atoms with Crippen molar-refractivity contribution in [1.82, 2.24) is 0 Å². The zero-order chi connectivity index (χ0) is 7.28. The molecule has 0 rings (SSSR count). The van der Waals surface area contributed by atoms with E-state index in [1.165, 1.54) is 0 Å². The molecule has 3 nitrogen and oxygen atoms in total. The minimum atomic E-state index is 0.264. The Morgan fingerprint density at radius 1 is 1.78 bits per heavy atom. The second-order valence-corrected chi connectivity index (χ2v) is 1.62. The van der Waals surface area contributed by atoms with Gasteiger partial charge < -0.3 is 5.21 Å². The molecule has 9 heavy (non-hydrogen) atoms.